The van der Waals surface area contributed by atoms with E-state index in [1.165, 1.54) is 7.11 Å². The molecule has 3 aliphatic heterocycles. The minimum Gasteiger partial charge on any atom is -0.493 e. The molecule has 4 atom stereocenters. The first-order chi connectivity index (χ1) is 14.6. The molecule has 2 bridgehead atoms. The Morgan fingerprint density at radius 2 is 1.90 bits per heavy atom. The number of methoxy groups -OCH3 is 2. The van der Waals surface area contributed by atoms with Gasteiger partial charge >= 0.3 is 0 Å². The number of para-hydroxylation sites is 1. The lowest BCUT2D eigenvalue weighted by Gasteiger charge is -2.23. The molecule has 2 saturated heterocycles. The standard InChI is InChI=1S/C23H22N2O5/c1-28-16-9-8-14(12-18(16)29-2)24-21(26)19-17-10-11-23(30-17)13-25(22(27)20(19)23)15-6-4-3-5-7-15/h3-12,17,19-20H,13H2,1-2H3,(H,24,26)/t17-,19?,20?,23+/m0/s1. The van der Waals surface area contributed by atoms with Crippen LogP contribution in [0.3, 0.4) is 0 Å². The average molecular weight is 406 g/mol. The molecule has 2 unspecified atom stereocenters. The highest BCUT2D eigenvalue weighted by atomic mass is 16.5. The van der Waals surface area contributed by atoms with E-state index in [0.717, 1.165) is 5.69 Å². The van der Waals surface area contributed by atoms with E-state index < -0.39 is 23.5 Å². The van der Waals surface area contributed by atoms with Gasteiger partial charge in [0.25, 0.3) is 0 Å². The van der Waals surface area contributed by atoms with Crippen LogP contribution in [0, 0.1) is 11.8 Å². The van der Waals surface area contributed by atoms with E-state index in [1.807, 2.05) is 42.5 Å². The Labute approximate surface area is 174 Å². The number of carbonyl (C=O) groups excluding carboxylic acids is 2. The van der Waals surface area contributed by atoms with Crippen molar-refractivity contribution in [1.29, 1.82) is 0 Å². The highest BCUT2D eigenvalue weighted by molar-refractivity contribution is 6.05. The van der Waals surface area contributed by atoms with Gasteiger partial charge in [0.2, 0.25) is 11.8 Å². The fourth-order valence-electron chi connectivity index (χ4n) is 4.76. The number of nitrogens with one attached hydrogen (secondary N) is 1. The fourth-order valence-corrected chi connectivity index (χ4v) is 4.76. The van der Waals surface area contributed by atoms with E-state index >= 15 is 0 Å². The number of fused-ring (bicyclic) bond motifs is 1. The number of ether oxygens (including phenoxy) is 3. The van der Waals surface area contributed by atoms with Crippen LogP contribution < -0.4 is 19.7 Å². The molecule has 2 aromatic rings. The Bertz CT molecular complexity index is 1040. The molecule has 1 spiro atoms. The van der Waals surface area contributed by atoms with Gasteiger partial charge in [0, 0.05) is 17.4 Å². The number of amides is 2. The van der Waals surface area contributed by atoms with Crippen molar-refractivity contribution in [3.8, 4) is 11.5 Å². The number of benzene rings is 2. The van der Waals surface area contributed by atoms with Crippen molar-refractivity contribution in [2.24, 2.45) is 11.8 Å². The Kier molecular flexibility index (Phi) is 4.29. The molecule has 30 heavy (non-hydrogen) atoms. The summed E-state index contributed by atoms with van der Waals surface area (Å²) in [4.78, 5) is 28.3. The van der Waals surface area contributed by atoms with Crippen LogP contribution in [0.4, 0.5) is 11.4 Å². The van der Waals surface area contributed by atoms with Crippen molar-refractivity contribution in [2.75, 3.05) is 31.0 Å². The first-order valence-corrected chi connectivity index (χ1v) is 9.83. The third kappa shape index (κ3) is 2.69. The Morgan fingerprint density at radius 3 is 2.63 bits per heavy atom. The van der Waals surface area contributed by atoms with Crippen LogP contribution in [0.1, 0.15) is 0 Å². The van der Waals surface area contributed by atoms with Crippen LogP contribution in [0.15, 0.2) is 60.7 Å². The second kappa shape index (κ2) is 6.88. The van der Waals surface area contributed by atoms with Crippen LogP contribution in [0.2, 0.25) is 0 Å². The third-order valence-electron chi connectivity index (χ3n) is 6.12. The lowest BCUT2D eigenvalue weighted by atomic mass is 9.77. The molecule has 0 aromatic heterocycles. The number of rotatable bonds is 5. The van der Waals surface area contributed by atoms with Crippen LogP contribution in [0.5, 0.6) is 11.5 Å². The molecule has 3 aliphatic rings. The predicted octanol–water partition coefficient (Wildman–Crippen LogP) is 2.63. The first kappa shape index (κ1) is 18.7. The second-order valence-electron chi connectivity index (χ2n) is 7.72. The van der Waals surface area contributed by atoms with Gasteiger partial charge in [-0.05, 0) is 24.3 Å². The largest absolute Gasteiger partial charge is 0.493 e. The van der Waals surface area contributed by atoms with Crippen LogP contribution in [-0.4, -0.2) is 44.3 Å². The maximum atomic E-state index is 13.3. The number of carbonyl (C=O) groups is 2. The summed E-state index contributed by atoms with van der Waals surface area (Å²) in [6.07, 6.45) is 3.44. The molecule has 7 heteroatoms. The molecular formula is C23H22N2O5. The Balaban J connectivity index is 1.41. The summed E-state index contributed by atoms with van der Waals surface area (Å²) in [5.41, 5.74) is 0.631. The number of anilines is 2. The van der Waals surface area contributed by atoms with E-state index in [9.17, 15) is 9.59 Å². The number of hydrogen-bond acceptors (Lipinski definition) is 5. The minimum absolute atomic E-state index is 0.0829. The fraction of sp³-hybridized carbons (Fsp3) is 0.304. The van der Waals surface area contributed by atoms with Gasteiger partial charge < -0.3 is 24.4 Å². The van der Waals surface area contributed by atoms with Gasteiger partial charge in [-0.25, -0.2) is 0 Å². The van der Waals surface area contributed by atoms with Crippen molar-refractivity contribution >= 4 is 23.2 Å². The topological polar surface area (TPSA) is 77.1 Å². The van der Waals surface area contributed by atoms with E-state index in [1.54, 1.807) is 30.2 Å². The van der Waals surface area contributed by atoms with Gasteiger partial charge in [0.1, 0.15) is 5.60 Å². The molecule has 2 fully saturated rings. The summed E-state index contributed by atoms with van der Waals surface area (Å²) in [5, 5.41) is 2.92. The van der Waals surface area contributed by atoms with Gasteiger partial charge in [-0.1, -0.05) is 30.4 Å². The third-order valence-corrected chi connectivity index (χ3v) is 6.12. The van der Waals surface area contributed by atoms with Gasteiger partial charge in [0.05, 0.1) is 38.7 Å². The summed E-state index contributed by atoms with van der Waals surface area (Å²) in [7, 11) is 3.09. The maximum Gasteiger partial charge on any atom is 0.234 e. The van der Waals surface area contributed by atoms with Gasteiger partial charge in [-0.3, -0.25) is 9.59 Å². The predicted molar refractivity (Wildman–Crippen MR) is 111 cm³/mol. The quantitative estimate of drug-likeness (QED) is 0.773. The molecule has 2 aromatic carbocycles. The van der Waals surface area contributed by atoms with Crippen molar-refractivity contribution in [1.82, 2.24) is 0 Å². The lowest BCUT2D eigenvalue weighted by molar-refractivity contribution is -0.128. The molecule has 2 amide bonds. The molecule has 154 valence electrons. The normalized spacial score (nSPS) is 28.5. The summed E-state index contributed by atoms with van der Waals surface area (Å²) >= 11 is 0. The Morgan fingerprint density at radius 1 is 1.13 bits per heavy atom. The molecule has 0 radical (unpaired) electrons. The summed E-state index contributed by atoms with van der Waals surface area (Å²) in [5.74, 6) is -0.377. The molecule has 0 aliphatic carbocycles. The smallest absolute Gasteiger partial charge is 0.234 e. The van der Waals surface area contributed by atoms with Crippen molar-refractivity contribution in [3.05, 3.63) is 60.7 Å². The second-order valence-corrected chi connectivity index (χ2v) is 7.72. The van der Waals surface area contributed by atoms with Crippen molar-refractivity contribution in [2.45, 2.75) is 11.7 Å². The van der Waals surface area contributed by atoms with Crippen molar-refractivity contribution < 1.29 is 23.8 Å². The zero-order chi connectivity index (χ0) is 20.9. The highest BCUT2D eigenvalue weighted by Crippen LogP contribution is 2.52. The van der Waals surface area contributed by atoms with E-state index in [0.29, 0.717) is 23.7 Å². The van der Waals surface area contributed by atoms with E-state index in [2.05, 4.69) is 5.32 Å². The van der Waals surface area contributed by atoms with Gasteiger partial charge in [-0.2, -0.15) is 0 Å². The molecule has 1 N–H and O–H groups in total. The van der Waals surface area contributed by atoms with Crippen LogP contribution in [0.25, 0.3) is 0 Å². The average Bonchev–Trinajstić information content (AvgIpc) is 3.42. The van der Waals surface area contributed by atoms with Gasteiger partial charge in [0.15, 0.2) is 11.5 Å². The minimum atomic E-state index is -0.753. The monoisotopic (exact) mass is 406 g/mol. The highest BCUT2D eigenvalue weighted by Gasteiger charge is 2.67. The summed E-state index contributed by atoms with van der Waals surface area (Å²) in [6.45, 7) is 0.410. The molecular weight excluding hydrogens is 384 g/mol. The Hall–Kier alpha value is -3.32. The zero-order valence-electron chi connectivity index (χ0n) is 16.7. The maximum absolute atomic E-state index is 13.3. The number of nitrogens with zero attached hydrogens (tertiary/aromatic N) is 1. The summed E-state index contributed by atoms with van der Waals surface area (Å²) < 4.78 is 16.7. The SMILES string of the molecule is COc1ccc(NC(=O)C2C3C(=O)N(c4ccccc4)C[C@]34C=C[C@@H]2O4)cc1OC. The van der Waals surface area contributed by atoms with Crippen LogP contribution >= 0.6 is 0 Å². The van der Waals surface area contributed by atoms with E-state index in [4.69, 9.17) is 14.2 Å². The van der Waals surface area contributed by atoms with Crippen molar-refractivity contribution in [3.63, 3.8) is 0 Å². The molecule has 7 nitrogen and oxygen atoms in total. The summed E-state index contributed by atoms with van der Waals surface area (Å²) in [6, 6.07) is 14.6. The zero-order valence-corrected chi connectivity index (χ0v) is 16.7. The molecule has 5 rings (SSSR count). The van der Waals surface area contributed by atoms with Crippen LogP contribution in [-0.2, 0) is 14.3 Å². The van der Waals surface area contributed by atoms with Gasteiger partial charge in [-0.15, -0.1) is 0 Å². The first-order valence-electron chi connectivity index (χ1n) is 9.83. The number of hydrogen-bond donors (Lipinski definition) is 1. The molecule has 3 heterocycles. The lowest BCUT2D eigenvalue weighted by Crippen LogP contribution is -2.41. The molecule has 0 saturated carbocycles. The van der Waals surface area contributed by atoms with E-state index in [-0.39, 0.29) is 11.8 Å².